The molecule has 0 saturated carbocycles. The standard InChI is InChI=1S/C22H17F6N3O2S/c23-21(24,25)13-8-14(22(26,27)28)10-15(9-13)29-20-30-19(33)17(34-20)11-18(32)31-7-3-5-12-4-1-2-6-16(12)31/h1-2,4,6,8-10,33H,3,5,7,11H2,(H,29,30). The zero-order valence-electron chi connectivity index (χ0n) is 17.3. The van der Waals surface area contributed by atoms with E-state index in [4.69, 9.17) is 0 Å². The van der Waals surface area contributed by atoms with Crippen LogP contribution in [0.25, 0.3) is 0 Å². The van der Waals surface area contributed by atoms with Gasteiger partial charge < -0.3 is 15.3 Å². The Kier molecular flexibility index (Phi) is 6.19. The fourth-order valence-electron chi connectivity index (χ4n) is 3.69. The van der Waals surface area contributed by atoms with Gasteiger partial charge in [-0.05, 0) is 42.7 Å². The number of aromatic nitrogens is 1. The Morgan fingerprint density at radius 2 is 1.71 bits per heavy atom. The van der Waals surface area contributed by atoms with Gasteiger partial charge in [0.25, 0.3) is 0 Å². The third-order valence-electron chi connectivity index (χ3n) is 5.24. The smallest absolute Gasteiger partial charge is 0.416 e. The minimum atomic E-state index is -5.00. The van der Waals surface area contributed by atoms with Gasteiger partial charge in [-0.25, -0.2) is 0 Å². The van der Waals surface area contributed by atoms with Crippen molar-refractivity contribution in [3.63, 3.8) is 0 Å². The Balaban J connectivity index is 1.56. The van der Waals surface area contributed by atoms with Crippen LogP contribution in [0.4, 0.5) is 42.8 Å². The normalized spacial score (nSPS) is 14.1. The summed E-state index contributed by atoms with van der Waals surface area (Å²) in [6, 6.07) is 8.47. The molecule has 180 valence electrons. The number of carbonyl (C=O) groups excluding carboxylic acids is 1. The first-order chi connectivity index (χ1) is 15.9. The third-order valence-corrected chi connectivity index (χ3v) is 6.20. The van der Waals surface area contributed by atoms with Crippen molar-refractivity contribution < 1.29 is 36.2 Å². The molecule has 1 aliphatic heterocycles. The number of halogens is 6. The van der Waals surface area contributed by atoms with Crippen LogP contribution in [0.3, 0.4) is 0 Å². The lowest BCUT2D eigenvalue weighted by atomic mass is 10.0. The van der Waals surface area contributed by atoms with Crippen molar-refractivity contribution in [1.29, 1.82) is 0 Å². The first-order valence-electron chi connectivity index (χ1n) is 10.1. The van der Waals surface area contributed by atoms with Crippen LogP contribution in [-0.4, -0.2) is 22.5 Å². The number of fused-ring (bicyclic) bond motifs is 1. The molecule has 0 bridgehead atoms. The van der Waals surface area contributed by atoms with E-state index in [-0.39, 0.29) is 28.4 Å². The van der Waals surface area contributed by atoms with Gasteiger partial charge in [-0.15, -0.1) is 0 Å². The van der Waals surface area contributed by atoms with Crippen LogP contribution < -0.4 is 10.2 Å². The second-order valence-corrected chi connectivity index (χ2v) is 8.72. The molecule has 34 heavy (non-hydrogen) atoms. The molecule has 2 aromatic carbocycles. The molecular formula is C22H17F6N3O2S. The van der Waals surface area contributed by atoms with Crippen LogP contribution in [0.2, 0.25) is 0 Å². The number of thiazole rings is 1. The highest BCUT2D eigenvalue weighted by Gasteiger charge is 2.37. The number of hydrogen-bond donors (Lipinski definition) is 2. The van der Waals surface area contributed by atoms with Crippen LogP contribution in [0.1, 0.15) is 28.0 Å². The van der Waals surface area contributed by atoms with Gasteiger partial charge in [-0.1, -0.05) is 29.5 Å². The second kappa shape index (κ2) is 8.82. The molecule has 3 aromatic rings. The first-order valence-corrected chi connectivity index (χ1v) is 10.9. The molecule has 2 heterocycles. The van der Waals surface area contributed by atoms with Gasteiger partial charge in [0.1, 0.15) is 0 Å². The SMILES string of the molecule is O=C(Cc1sc(Nc2cc(C(F)(F)F)cc(C(F)(F)F)c2)nc1O)N1CCCc2ccccc21. The van der Waals surface area contributed by atoms with Crippen molar-refractivity contribution in [2.24, 2.45) is 0 Å². The zero-order chi connectivity index (χ0) is 24.7. The molecule has 0 saturated heterocycles. The molecule has 4 rings (SSSR count). The summed E-state index contributed by atoms with van der Waals surface area (Å²) in [6.45, 7) is 0.491. The Morgan fingerprint density at radius 1 is 1.06 bits per heavy atom. The summed E-state index contributed by atoms with van der Waals surface area (Å²) in [5, 5.41) is 12.4. The van der Waals surface area contributed by atoms with Gasteiger partial charge in [-0.2, -0.15) is 31.3 Å². The van der Waals surface area contributed by atoms with Crippen LogP contribution >= 0.6 is 11.3 Å². The average molecular weight is 501 g/mol. The van der Waals surface area contributed by atoms with Crippen LogP contribution in [-0.2, 0) is 30.0 Å². The lowest BCUT2D eigenvalue weighted by Crippen LogP contribution is -2.36. The summed E-state index contributed by atoms with van der Waals surface area (Å²) in [5.74, 6) is -0.828. The predicted molar refractivity (Wildman–Crippen MR) is 114 cm³/mol. The Bertz CT molecular complexity index is 1190. The molecule has 0 aliphatic carbocycles. The number of hydrogen-bond acceptors (Lipinski definition) is 5. The Morgan fingerprint density at radius 3 is 2.35 bits per heavy atom. The number of para-hydroxylation sites is 1. The molecule has 0 atom stereocenters. The summed E-state index contributed by atoms with van der Waals surface area (Å²) < 4.78 is 78.5. The van der Waals surface area contributed by atoms with Crippen molar-refractivity contribution >= 4 is 33.8 Å². The molecule has 0 fully saturated rings. The summed E-state index contributed by atoms with van der Waals surface area (Å²) in [5.41, 5.74) is -1.68. The highest BCUT2D eigenvalue weighted by Crippen LogP contribution is 2.39. The number of nitrogens with one attached hydrogen (secondary N) is 1. The summed E-state index contributed by atoms with van der Waals surface area (Å²) in [6.07, 6.45) is -8.62. The van der Waals surface area contributed by atoms with E-state index in [1.54, 1.807) is 11.0 Å². The van der Waals surface area contributed by atoms with Gasteiger partial charge >= 0.3 is 12.4 Å². The van der Waals surface area contributed by atoms with E-state index in [0.29, 0.717) is 18.7 Å². The maximum Gasteiger partial charge on any atom is 0.416 e. The molecule has 12 heteroatoms. The maximum atomic E-state index is 13.1. The van der Waals surface area contributed by atoms with Crippen molar-refractivity contribution in [1.82, 2.24) is 4.98 Å². The van der Waals surface area contributed by atoms with Crippen LogP contribution in [0.15, 0.2) is 42.5 Å². The summed E-state index contributed by atoms with van der Waals surface area (Å²) >= 11 is 0.772. The largest absolute Gasteiger partial charge is 0.492 e. The van der Waals surface area contributed by atoms with Crippen LogP contribution in [0, 0.1) is 0 Å². The molecular weight excluding hydrogens is 484 g/mol. The highest BCUT2D eigenvalue weighted by atomic mass is 32.1. The minimum absolute atomic E-state index is 0.0189. The number of nitrogens with zero attached hydrogens (tertiary/aromatic N) is 2. The lowest BCUT2D eigenvalue weighted by Gasteiger charge is -2.29. The zero-order valence-corrected chi connectivity index (χ0v) is 18.1. The second-order valence-electron chi connectivity index (χ2n) is 7.64. The van der Waals surface area contributed by atoms with Crippen molar-refractivity contribution in [2.45, 2.75) is 31.6 Å². The molecule has 0 spiro atoms. The van der Waals surface area contributed by atoms with Crippen LogP contribution in [0.5, 0.6) is 5.88 Å². The fourth-order valence-corrected chi connectivity index (χ4v) is 4.56. The summed E-state index contributed by atoms with van der Waals surface area (Å²) in [4.78, 5) is 18.4. The summed E-state index contributed by atoms with van der Waals surface area (Å²) in [7, 11) is 0. The van der Waals surface area contributed by atoms with Gasteiger partial charge in [0, 0.05) is 17.9 Å². The third kappa shape index (κ3) is 5.11. The van der Waals surface area contributed by atoms with E-state index in [1.165, 1.54) is 0 Å². The van der Waals surface area contributed by atoms with Gasteiger partial charge in [0.05, 0.1) is 22.4 Å². The number of alkyl halides is 6. The number of rotatable bonds is 4. The number of aromatic hydroxyl groups is 1. The lowest BCUT2D eigenvalue weighted by molar-refractivity contribution is -0.143. The minimum Gasteiger partial charge on any atom is -0.492 e. The molecule has 0 unspecified atom stereocenters. The van der Waals surface area contributed by atoms with Gasteiger partial charge in [0.2, 0.25) is 11.8 Å². The number of amides is 1. The molecule has 1 aromatic heterocycles. The maximum absolute atomic E-state index is 13.1. The Labute approximate surface area is 193 Å². The van der Waals surface area contributed by atoms with E-state index >= 15 is 0 Å². The number of aryl methyl sites for hydroxylation is 1. The quantitative estimate of drug-likeness (QED) is 0.421. The van der Waals surface area contributed by atoms with Gasteiger partial charge in [-0.3, -0.25) is 4.79 Å². The topological polar surface area (TPSA) is 65.5 Å². The average Bonchev–Trinajstić information content (AvgIpc) is 3.10. The van der Waals surface area contributed by atoms with E-state index in [0.717, 1.165) is 35.4 Å². The van der Waals surface area contributed by atoms with Crippen molar-refractivity contribution in [3.8, 4) is 5.88 Å². The van der Waals surface area contributed by atoms with E-state index in [1.807, 2.05) is 18.2 Å². The molecule has 0 radical (unpaired) electrons. The number of benzene rings is 2. The fraction of sp³-hybridized carbons (Fsp3) is 0.273. The first kappa shape index (κ1) is 23.9. The monoisotopic (exact) mass is 501 g/mol. The molecule has 1 amide bonds. The van der Waals surface area contributed by atoms with Crippen molar-refractivity contribution in [3.05, 3.63) is 64.0 Å². The molecule has 2 N–H and O–H groups in total. The Hall–Kier alpha value is -3.28. The van der Waals surface area contributed by atoms with E-state index in [9.17, 15) is 36.2 Å². The molecule has 1 aliphatic rings. The predicted octanol–water partition coefficient (Wildman–Crippen LogP) is 6.15. The number of anilines is 3. The number of carbonyl (C=O) groups is 1. The molecule has 5 nitrogen and oxygen atoms in total. The van der Waals surface area contributed by atoms with E-state index in [2.05, 4.69) is 10.3 Å². The highest BCUT2D eigenvalue weighted by molar-refractivity contribution is 7.16. The van der Waals surface area contributed by atoms with E-state index < -0.39 is 35.0 Å². The van der Waals surface area contributed by atoms with Crippen molar-refractivity contribution in [2.75, 3.05) is 16.8 Å². The van der Waals surface area contributed by atoms with Gasteiger partial charge in [0.15, 0.2) is 5.13 Å².